The average Bonchev–Trinajstić information content (AvgIpc) is 2.72. The van der Waals surface area contributed by atoms with Crippen LogP contribution in [-0.2, 0) is 14.3 Å². The van der Waals surface area contributed by atoms with E-state index in [1.165, 1.54) is 18.2 Å². The van der Waals surface area contributed by atoms with Gasteiger partial charge in [0.1, 0.15) is 12.1 Å². The van der Waals surface area contributed by atoms with Gasteiger partial charge >= 0.3 is 11.9 Å². The summed E-state index contributed by atoms with van der Waals surface area (Å²) in [4.78, 5) is 22.5. The van der Waals surface area contributed by atoms with Gasteiger partial charge in [0.05, 0.1) is 17.7 Å². The number of cyclic esters (lactones) is 1. The lowest BCUT2D eigenvalue weighted by Crippen LogP contribution is -2.05. The highest BCUT2D eigenvalue weighted by Crippen LogP contribution is 2.14. The van der Waals surface area contributed by atoms with Gasteiger partial charge in [0, 0.05) is 6.42 Å². The minimum Gasteiger partial charge on any atom is -0.462 e. The number of esters is 2. The van der Waals surface area contributed by atoms with Crippen LogP contribution in [-0.4, -0.2) is 18.5 Å². The Labute approximate surface area is 96.6 Å². The number of halogens is 1. The van der Waals surface area contributed by atoms with Crippen LogP contribution in [0.25, 0.3) is 0 Å². The number of hydrogen-bond donors (Lipinski definition) is 0. The second-order valence-electron chi connectivity index (χ2n) is 3.41. The second-order valence-corrected chi connectivity index (χ2v) is 3.41. The first kappa shape index (κ1) is 11.3. The molecule has 1 heterocycles. The molecule has 0 saturated carbocycles. The predicted molar refractivity (Wildman–Crippen MR) is 55.5 cm³/mol. The smallest absolute Gasteiger partial charge is 0.345 e. The maximum Gasteiger partial charge on any atom is 0.345 e. The highest BCUT2D eigenvalue weighted by molar-refractivity contribution is 5.92. The monoisotopic (exact) mass is 236 g/mol. The summed E-state index contributed by atoms with van der Waals surface area (Å²) in [6.45, 7) is 0.280. The van der Waals surface area contributed by atoms with Crippen LogP contribution in [0.2, 0.25) is 0 Å². The second kappa shape index (κ2) is 4.78. The topological polar surface area (TPSA) is 52.6 Å². The van der Waals surface area contributed by atoms with E-state index in [1.807, 2.05) is 0 Å². The predicted octanol–water partition coefficient (Wildman–Crippen LogP) is 1.81. The van der Waals surface area contributed by atoms with Crippen LogP contribution >= 0.6 is 0 Å². The molecule has 1 aliphatic heterocycles. The van der Waals surface area contributed by atoms with Crippen LogP contribution in [0.4, 0.5) is 4.39 Å². The van der Waals surface area contributed by atoms with E-state index in [0.29, 0.717) is 6.42 Å². The summed E-state index contributed by atoms with van der Waals surface area (Å²) in [5.41, 5.74) is 0.102. The maximum absolute atomic E-state index is 13.2. The molecule has 0 aliphatic carbocycles. The van der Waals surface area contributed by atoms with Gasteiger partial charge in [-0.3, -0.25) is 0 Å². The number of carbonyl (C=O) groups is 2. The Bertz CT molecular complexity index is 493. The maximum atomic E-state index is 13.2. The number of rotatable bonds is 2. The van der Waals surface area contributed by atoms with Gasteiger partial charge in [0.2, 0.25) is 0 Å². The molecule has 17 heavy (non-hydrogen) atoms. The lowest BCUT2D eigenvalue weighted by molar-refractivity contribution is -0.135. The Balaban J connectivity index is 2.08. The van der Waals surface area contributed by atoms with Crippen molar-refractivity contribution in [1.29, 1.82) is 0 Å². The van der Waals surface area contributed by atoms with E-state index in [9.17, 15) is 14.0 Å². The van der Waals surface area contributed by atoms with Crippen molar-refractivity contribution >= 4 is 11.9 Å². The quantitative estimate of drug-likeness (QED) is 0.446. The van der Waals surface area contributed by atoms with E-state index in [-0.39, 0.29) is 17.7 Å². The summed E-state index contributed by atoms with van der Waals surface area (Å²) in [5, 5.41) is 0. The molecular formula is C12H9FO4. The van der Waals surface area contributed by atoms with Crippen LogP contribution in [0.15, 0.2) is 36.1 Å². The molecular weight excluding hydrogens is 227 g/mol. The van der Waals surface area contributed by atoms with Crippen LogP contribution < -0.4 is 0 Å². The Morgan fingerprint density at radius 3 is 2.82 bits per heavy atom. The van der Waals surface area contributed by atoms with Gasteiger partial charge in [-0.1, -0.05) is 12.1 Å². The Kier molecular flexibility index (Phi) is 3.18. The molecule has 4 nitrogen and oxygen atoms in total. The van der Waals surface area contributed by atoms with E-state index in [0.717, 1.165) is 12.3 Å². The van der Waals surface area contributed by atoms with E-state index in [1.54, 1.807) is 0 Å². The Morgan fingerprint density at radius 2 is 2.18 bits per heavy atom. The fraction of sp³-hybridized carbons (Fsp3) is 0.167. The summed E-state index contributed by atoms with van der Waals surface area (Å²) >= 11 is 0. The van der Waals surface area contributed by atoms with E-state index >= 15 is 0 Å². The molecule has 0 aromatic heterocycles. The van der Waals surface area contributed by atoms with Gasteiger partial charge in [-0.05, 0) is 12.1 Å². The van der Waals surface area contributed by atoms with Crippen molar-refractivity contribution in [1.82, 2.24) is 0 Å². The zero-order chi connectivity index (χ0) is 12.3. The van der Waals surface area contributed by atoms with E-state index < -0.39 is 17.8 Å². The first-order chi connectivity index (χ1) is 8.18. The molecule has 1 aromatic carbocycles. The Morgan fingerprint density at radius 1 is 1.41 bits per heavy atom. The summed E-state index contributed by atoms with van der Waals surface area (Å²) < 4.78 is 22.6. The molecule has 1 fully saturated rings. The SMILES string of the molecule is O=C1OCC/C1=C\OC(=O)c1ccccc1F. The molecule has 5 heteroatoms. The van der Waals surface area contributed by atoms with Gasteiger partial charge in [-0.25, -0.2) is 14.0 Å². The third kappa shape index (κ3) is 2.50. The fourth-order valence-corrected chi connectivity index (χ4v) is 1.37. The molecule has 1 saturated heterocycles. The third-order valence-corrected chi connectivity index (χ3v) is 2.27. The van der Waals surface area contributed by atoms with Crippen LogP contribution in [0.3, 0.4) is 0 Å². The summed E-state index contributed by atoms with van der Waals surface area (Å²) in [5.74, 6) is -2.01. The standard InChI is InChI=1S/C12H9FO4/c13-10-4-2-1-3-9(10)12(15)17-7-8-5-6-16-11(8)14/h1-4,7H,5-6H2/b8-7+. The zero-order valence-electron chi connectivity index (χ0n) is 8.81. The number of benzene rings is 1. The van der Waals surface area contributed by atoms with Crippen LogP contribution in [0.5, 0.6) is 0 Å². The highest BCUT2D eigenvalue weighted by Gasteiger charge is 2.20. The first-order valence-electron chi connectivity index (χ1n) is 5.00. The van der Waals surface area contributed by atoms with Crippen molar-refractivity contribution in [3.8, 4) is 0 Å². The molecule has 1 aliphatic rings. The van der Waals surface area contributed by atoms with Crippen molar-refractivity contribution < 1.29 is 23.5 Å². The summed E-state index contributed by atoms with van der Waals surface area (Å²) in [6.07, 6.45) is 1.41. The van der Waals surface area contributed by atoms with Crippen molar-refractivity contribution in [2.45, 2.75) is 6.42 Å². The molecule has 2 rings (SSSR count). The van der Waals surface area contributed by atoms with Gasteiger partial charge in [-0.15, -0.1) is 0 Å². The third-order valence-electron chi connectivity index (χ3n) is 2.27. The van der Waals surface area contributed by atoms with Crippen LogP contribution in [0.1, 0.15) is 16.8 Å². The van der Waals surface area contributed by atoms with Crippen molar-refractivity contribution in [3.05, 3.63) is 47.5 Å². The van der Waals surface area contributed by atoms with Crippen molar-refractivity contribution in [2.75, 3.05) is 6.61 Å². The minimum atomic E-state index is -0.838. The van der Waals surface area contributed by atoms with Crippen LogP contribution in [0, 0.1) is 5.82 Å². The molecule has 0 N–H and O–H groups in total. The average molecular weight is 236 g/mol. The fourth-order valence-electron chi connectivity index (χ4n) is 1.37. The minimum absolute atomic E-state index is 0.171. The number of ether oxygens (including phenoxy) is 2. The molecule has 0 atom stereocenters. The molecule has 1 aromatic rings. The molecule has 0 unspecified atom stereocenters. The summed E-state index contributed by atoms with van der Waals surface area (Å²) in [6, 6.07) is 5.46. The van der Waals surface area contributed by atoms with E-state index in [4.69, 9.17) is 4.74 Å². The zero-order valence-corrected chi connectivity index (χ0v) is 8.81. The first-order valence-corrected chi connectivity index (χ1v) is 5.00. The summed E-state index contributed by atoms with van der Waals surface area (Å²) in [7, 11) is 0. The van der Waals surface area contributed by atoms with E-state index in [2.05, 4.69) is 4.74 Å². The normalized spacial score (nSPS) is 17.0. The van der Waals surface area contributed by atoms with Gasteiger partial charge in [-0.2, -0.15) is 0 Å². The van der Waals surface area contributed by atoms with Crippen molar-refractivity contribution in [2.24, 2.45) is 0 Å². The molecule has 0 amide bonds. The number of carbonyl (C=O) groups excluding carboxylic acids is 2. The van der Waals surface area contributed by atoms with Gasteiger partial charge < -0.3 is 9.47 Å². The van der Waals surface area contributed by atoms with Crippen molar-refractivity contribution in [3.63, 3.8) is 0 Å². The Hall–Kier alpha value is -2.17. The molecule has 0 radical (unpaired) electrons. The lowest BCUT2D eigenvalue weighted by Gasteiger charge is -2.00. The van der Waals surface area contributed by atoms with Gasteiger partial charge in [0.25, 0.3) is 0 Å². The lowest BCUT2D eigenvalue weighted by atomic mass is 10.2. The molecule has 0 spiro atoms. The highest BCUT2D eigenvalue weighted by atomic mass is 19.1. The van der Waals surface area contributed by atoms with Gasteiger partial charge in [0.15, 0.2) is 0 Å². The molecule has 0 bridgehead atoms. The largest absolute Gasteiger partial charge is 0.462 e. The molecule has 88 valence electrons. The number of hydrogen-bond acceptors (Lipinski definition) is 4.